The standard InChI is InChI=1S/C13H22N2O5S/c1-6-15-8-9(7-10(15)11(16)17)21(19,20)14-12(2,3)13(4,5)18/h7-8,14,18H,6H2,1-5H3,(H,16,17). The molecule has 1 heterocycles. The first-order valence-corrected chi connectivity index (χ1v) is 8.00. The number of carbonyl (C=O) groups is 1. The molecule has 0 aliphatic heterocycles. The molecular formula is C13H22N2O5S. The Morgan fingerprint density at radius 2 is 1.86 bits per heavy atom. The summed E-state index contributed by atoms with van der Waals surface area (Å²) in [6.07, 6.45) is 1.27. The number of hydrogen-bond donors (Lipinski definition) is 3. The van der Waals surface area contributed by atoms with Gasteiger partial charge in [0.15, 0.2) is 0 Å². The van der Waals surface area contributed by atoms with Gasteiger partial charge in [-0.2, -0.15) is 0 Å². The number of aryl methyl sites for hydroxylation is 1. The molecule has 0 aliphatic carbocycles. The van der Waals surface area contributed by atoms with E-state index in [1.165, 1.54) is 24.6 Å². The van der Waals surface area contributed by atoms with Gasteiger partial charge >= 0.3 is 5.97 Å². The summed E-state index contributed by atoms with van der Waals surface area (Å²) >= 11 is 0. The number of aliphatic hydroxyl groups is 1. The van der Waals surface area contributed by atoms with E-state index in [1.807, 2.05) is 0 Å². The number of carboxylic acids is 1. The molecule has 0 radical (unpaired) electrons. The minimum Gasteiger partial charge on any atom is -0.477 e. The Labute approximate surface area is 124 Å². The maximum atomic E-state index is 12.4. The van der Waals surface area contributed by atoms with Gasteiger partial charge in [0.1, 0.15) is 10.6 Å². The van der Waals surface area contributed by atoms with Crippen LogP contribution in [-0.4, -0.2) is 40.3 Å². The molecule has 1 aromatic heterocycles. The number of rotatable bonds is 6. The highest BCUT2D eigenvalue weighted by atomic mass is 32.2. The second-order valence-electron chi connectivity index (χ2n) is 5.94. The van der Waals surface area contributed by atoms with E-state index < -0.39 is 27.1 Å². The van der Waals surface area contributed by atoms with Crippen LogP contribution in [-0.2, 0) is 16.6 Å². The van der Waals surface area contributed by atoms with E-state index >= 15 is 0 Å². The van der Waals surface area contributed by atoms with Crippen molar-refractivity contribution in [3.05, 3.63) is 18.0 Å². The first kappa shape index (κ1) is 17.7. The Morgan fingerprint density at radius 1 is 1.33 bits per heavy atom. The summed E-state index contributed by atoms with van der Waals surface area (Å²) in [7, 11) is -3.94. The molecule has 0 amide bonds. The van der Waals surface area contributed by atoms with Crippen molar-refractivity contribution in [2.24, 2.45) is 0 Å². The smallest absolute Gasteiger partial charge is 0.352 e. The predicted octanol–water partition coefficient (Wildman–Crippen LogP) is 1.03. The molecule has 0 spiro atoms. The van der Waals surface area contributed by atoms with Gasteiger partial charge < -0.3 is 14.8 Å². The second kappa shape index (κ2) is 5.43. The number of nitrogens with zero attached hydrogens (tertiary/aromatic N) is 1. The highest BCUT2D eigenvalue weighted by molar-refractivity contribution is 7.89. The summed E-state index contributed by atoms with van der Waals surface area (Å²) in [5.74, 6) is -1.19. The minimum absolute atomic E-state index is 0.0982. The summed E-state index contributed by atoms with van der Waals surface area (Å²) in [4.78, 5) is 10.9. The van der Waals surface area contributed by atoms with Crippen molar-refractivity contribution in [2.75, 3.05) is 0 Å². The summed E-state index contributed by atoms with van der Waals surface area (Å²) in [5, 5.41) is 19.1. The van der Waals surface area contributed by atoms with Gasteiger partial charge in [0.2, 0.25) is 10.0 Å². The Bertz CT molecular complexity index is 638. The first-order valence-electron chi connectivity index (χ1n) is 6.51. The van der Waals surface area contributed by atoms with Crippen LogP contribution >= 0.6 is 0 Å². The highest BCUT2D eigenvalue weighted by Crippen LogP contribution is 2.24. The average Bonchev–Trinajstić information content (AvgIpc) is 2.70. The van der Waals surface area contributed by atoms with Crippen LogP contribution in [0.4, 0.5) is 0 Å². The molecule has 0 aromatic carbocycles. The lowest BCUT2D eigenvalue weighted by molar-refractivity contribution is 0.00638. The lowest BCUT2D eigenvalue weighted by Crippen LogP contribution is -2.57. The maximum Gasteiger partial charge on any atom is 0.352 e. The molecule has 1 rings (SSSR count). The fraction of sp³-hybridized carbons (Fsp3) is 0.615. The lowest BCUT2D eigenvalue weighted by atomic mass is 9.87. The van der Waals surface area contributed by atoms with Crippen molar-refractivity contribution in [3.63, 3.8) is 0 Å². The molecule has 21 heavy (non-hydrogen) atoms. The topological polar surface area (TPSA) is 109 Å². The van der Waals surface area contributed by atoms with Gasteiger partial charge in [-0.05, 0) is 40.7 Å². The summed E-state index contributed by atoms with van der Waals surface area (Å²) in [5.41, 5.74) is -2.51. The molecule has 0 bridgehead atoms. The molecule has 120 valence electrons. The Hall–Kier alpha value is -1.38. The van der Waals surface area contributed by atoms with Crippen LogP contribution in [0.5, 0.6) is 0 Å². The Balaban J connectivity index is 3.24. The van der Waals surface area contributed by atoms with E-state index in [1.54, 1.807) is 20.8 Å². The number of aromatic carboxylic acids is 1. The number of sulfonamides is 1. The van der Waals surface area contributed by atoms with Crippen LogP contribution in [0.25, 0.3) is 0 Å². The zero-order valence-corrected chi connectivity index (χ0v) is 13.7. The molecule has 0 unspecified atom stereocenters. The van der Waals surface area contributed by atoms with Crippen molar-refractivity contribution in [3.8, 4) is 0 Å². The third-order valence-corrected chi connectivity index (χ3v) is 5.28. The zero-order chi connectivity index (χ0) is 16.6. The SMILES string of the molecule is CCn1cc(S(=O)(=O)NC(C)(C)C(C)(C)O)cc1C(=O)O. The van der Waals surface area contributed by atoms with Crippen LogP contribution in [0.15, 0.2) is 17.2 Å². The molecule has 0 atom stereocenters. The summed E-state index contributed by atoms with van der Waals surface area (Å²) in [6.45, 7) is 8.16. The average molecular weight is 318 g/mol. The number of hydrogen-bond acceptors (Lipinski definition) is 4. The van der Waals surface area contributed by atoms with Crippen molar-refractivity contribution < 1.29 is 23.4 Å². The van der Waals surface area contributed by atoms with Crippen LogP contribution in [0, 0.1) is 0 Å². The van der Waals surface area contributed by atoms with Gasteiger partial charge in [0, 0.05) is 12.7 Å². The first-order chi connectivity index (χ1) is 9.32. The molecular weight excluding hydrogens is 296 g/mol. The van der Waals surface area contributed by atoms with E-state index in [-0.39, 0.29) is 10.6 Å². The molecule has 0 fully saturated rings. The monoisotopic (exact) mass is 318 g/mol. The maximum absolute atomic E-state index is 12.4. The fourth-order valence-corrected chi connectivity index (χ4v) is 3.16. The van der Waals surface area contributed by atoms with Gasteiger partial charge in [-0.25, -0.2) is 17.9 Å². The minimum atomic E-state index is -3.94. The zero-order valence-electron chi connectivity index (χ0n) is 12.8. The molecule has 3 N–H and O–H groups in total. The van der Waals surface area contributed by atoms with E-state index in [4.69, 9.17) is 5.11 Å². The fourth-order valence-electron chi connectivity index (χ4n) is 1.59. The largest absolute Gasteiger partial charge is 0.477 e. The van der Waals surface area contributed by atoms with Crippen molar-refractivity contribution >= 4 is 16.0 Å². The van der Waals surface area contributed by atoms with Gasteiger partial charge in [0.05, 0.1) is 11.1 Å². The Kier molecular flexibility index (Phi) is 4.57. The van der Waals surface area contributed by atoms with Crippen molar-refractivity contribution in [2.45, 2.75) is 57.2 Å². The second-order valence-corrected chi connectivity index (χ2v) is 7.62. The molecule has 0 saturated heterocycles. The van der Waals surface area contributed by atoms with Crippen LogP contribution in [0.2, 0.25) is 0 Å². The molecule has 8 heteroatoms. The van der Waals surface area contributed by atoms with Crippen LogP contribution in [0.1, 0.15) is 45.1 Å². The van der Waals surface area contributed by atoms with E-state index in [2.05, 4.69) is 4.72 Å². The molecule has 0 aliphatic rings. The van der Waals surface area contributed by atoms with E-state index in [0.29, 0.717) is 6.54 Å². The van der Waals surface area contributed by atoms with Crippen LogP contribution in [0.3, 0.4) is 0 Å². The number of aromatic nitrogens is 1. The van der Waals surface area contributed by atoms with Gasteiger partial charge in [0.25, 0.3) is 0 Å². The predicted molar refractivity (Wildman–Crippen MR) is 77.8 cm³/mol. The number of carboxylic acid groups (broad SMARTS) is 1. The molecule has 7 nitrogen and oxygen atoms in total. The molecule has 1 aromatic rings. The van der Waals surface area contributed by atoms with Gasteiger partial charge in [-0.3, -0.25) is 0 Å². The van der Waals surface area contributed by atoms with E-state index in [0.717, 1.165) is 6.07 Å². The normalized spacial score (nSPS) is 13.4. The third kappa shape index (κ3) is 3.63. The lowest BCUT2D eigenvalue weighted by Gasteiger charge is -2.37. The van der Waals surface area contributed by atoms with Gasteiger partial charge in [-0.1, -0.05) is 0 Å². The number of nitrogens with one attached hydrogen (secondary N) is 1. The van der Waals surface area contributed by atoms with E-state index in [9.17, 15) is 18.3 Å². The Morgan fingerprint density at radius 3 is 2.19 bits per heavy atom. The quantitative estimate of drug-likeness (QED) is 0.726. The molecule has 0 saturated carbocycles. The van der Waals surface area contributed by atoms with Gasteiger partial charge in [-0.15, -0.1) is 0 Å². The van der Waals surface area contributed by atoms with Crippen molar-refractivity contribution in [1.29, 1.82) is 0 Å². The van der Waals surface area contributed by atoms with Crippen molar-refractivity contribution in [1.82, 2.24) is 9.29 Å². The van der Waals surface area contributed by atoms with Crippen LogP contribution < -0.4 is 4.72 Å². The summed E-state index contributed by atoms with van der Waals surface area (Å²) < 4.78 is 28.5. The summed E-state index contributed by atoms with van der Waals surface area (Å²) in [6, 6.07) is 1.11. The third-order valence-electron chi connectivity index (χ3n) is 3.66. The highest BCUT2D eigenvalue weighted by Gasteiger charge is 2.39.